The molecule has 6 rings (SSSR count). The molecule has 2 bridgehead atoms. The number of Topliss-reactive ketones (excluding diaryl/α,β-unsaturated/α-hetero) is 1. The van der Waals surface area contributed by atoms with E-state index in [-0.39, 0.29) is 23.9 Å². The highest BCUT2D eigenvalue weighted by atomic mass is 16.6. The minimum Gasteiger partial charge on any atom is -0.454 e. The lowest BCUT2D eigenvalue weighted by Gasteiger charge is -2.51. The van der Waals surface area contributed by atoms with Crippen LogP contribution in [0, 0.1) is 5.92 Å². The van der Waals surface area contributed by atoms with Crippen molar-refractivity contribution in [2.24, 2.45) is 5.92 Å². The Morgan fingerprint density at radius 2 is 1.49 bits per heavy atom. The number of carbonyl (C=O) groups excluding carboxylic acids is 3. The molecule has 2 atom stereocenters. The number of amides is 1. The zero-order valence-corrected chi connectivity index (χ0v) is 21.3. The number of piperidine rings is 3. The van der Waals surface area contributed by atoms with Gasteiger partial charge in [-0.1, -0.05) is 67.1 Å². The number of ether oxygens (including phenoxy) is 2. The number of nitrogens with one attached hydrogen (secondary N) is 1. The standard InChI is InChI=1S/C30H36N2O5/c33-26(22-10-4-1-5-11-22)20-32-18-16-23(17-19-32)27(21-32)37-29(34)28(24-12-6-2-7-13-24)31-30(35)36-25-14-8-3-9-15-25/h1-2,4-7,10-13,23,25,27-28H,3,8-9,14-21H2/p+1/t23?,27-,28?,32?/m0/s1. The van der Waals surface area contributed by atoms with Crippen molar-refractivity contribution >= 4 is 17.8 Å². The fourth-order valence-corrected chi connectivity index (χ4v) is 6.22. The molecule has 7 heteroatoms. The van der Waals surface area contributed by atoms with E-state index in [1.807, 2.05) is 60.7 Å². The molecule has 4 fully saturated rings. The fraction of sp³-hybridized carbons (Fsp3) is 0.500. The quantitative estimate of drug-likeness (QED) is 0.316. The Kier molecular flexibility index (Phi) is 7.89. The van der Waals surface area contributed by atoms with Crippen LogP contribution in [0.25, 0.3) is 0 Å². The smallest absolute Gasteiger partial charge is 0.408 e. The zero-order chi connectivity index (χ0) is 25.7. The summed E-state index contributed by atoms with van der Waals surface area (Å²) >= 11 is 0. The van der Waals surface area contributed by atoms with E-state index in [9.17, 15) is 14.4 Å². The first-order valence-corrected chi connectivity index (χ1v) is 13.7. The van der Waals surface area contributed by atoms with Crippen LogP contribution in [-0.4, -0.2) is 60.7 Å². The van der Waals surface area contributed by atoms with Crippen LogP contribution in [0.15, 0.2) is 60.7 Å². The molecule has 3 saturated heterocycles. The third-order valence-electron chi connectivity index (χ3n) is 8.34. The molecular formula is C30H37N2O5+. The number of benzene rings is 2. The van der Waals surface area contributed by atoms with Crippen LogP contribution < -0.4 is 5.32 Å². The Labute approximate surface area is 218 Å². The van der Waals surface area contributed by atoms with Crippen molar-refractivity contribution in [2.75, 3.05) is 26.2 Å². The van der Waals surface area contributed by atoms with Gasteiger partial charge in [0.15, 0.2) is 12.1 Å². The van der Waals surface area contributed by atoms with Crippen molar-refractivity contribution in [1.29, 1.82) is 0 Å². The zero-order valence-electron chi connectivity index (χ0n) is 21.3. The van der Waals surface area contributed by atoms with E-state index in [1.54, 1.807) is 0 Å². The molecule has 4 aliphatic rings. The molecule has 3 heterocycles. The number of nitrogens with zero attached hydrogens (tertiary/aromatic N) is 1. The summed E-state index contributed by atoms with van der Waals surface area (Å²) in [6, 6.07) is 17.6. The summed E-state index contributed by atoms with van der Waals surface area (Å²) in [4.78, 5) is 39.3. The van der Waals surface area contributed by atoms with E-state index in [0.29, 0.717) is 23.1 Å². The van der Waals surface area contributed by atoms with Crippen LogP contribution in [0.3, 0.4) is 0 Å². The van der Waals surface area contributed by atoms with Gasteiger partial charge in [-0.2, -0.15) is 0 Å². The monoisotopic (exact) mass is 505 g/mol. The van der Waals surface area contributed by atoms with Gasteiger partial charge in [-0.25, -0.2) is 9.59 Å². The van der Waals surface area contributed by atoms with Gasteiger partial charge in [0.25, 0.3) is 0 Å². The number of ketones is 1. The SMILES string of the molecule is O=C(NC(C(=O)O[C@H]1C[N+]2(CC(=O)c3ccccc3)CCC1CC2)c1ccccc1)OC1CCCCC1. The summed E-state index contributed by atoms with van der Waals surface area (Å²) in [6.07, 6.45) is 5.88. The summed E-state index contributed by atoms with van der Waals surface area (Å²) < 4.78 is 12.4. The molecule has 7 nitrogen and oxygen atoms in total. The summed E-state index contributed by atoms with van der Waals surface area (Å²) in [6.45, 7) is 2.89. The summed E-state index contributed by atoms with van der Waals surface area (Å²) in [5, 5.41) is 2.78. The van der Waals surface area contributed by atoms with Crippen LogP contribution >= 0.6 is 0 Å². The molecule has 2 aromatic rings. The lowest BCUT2D eigenvalue weighted by atomic mass is 9.82. The Hall–Kier alpha value is -3.19. The van der Waals surface area contributed by atoms with E-state index in [4.69, 9.17) is 9.47 Å². The Balaban J connectivity index is 1.25. The van der Waals surface area contributed by atoms with Crippen LogP contribution in [0.5, 0.6) is 0 Å². The van der Waals surface area contributed by atoms with E-state index < -0.39 is 18.1 Å². The second kappa shape index (κ2) is 11.5. The highest BCUT2D eigenvalue weighted by Gasteiger charge is 2.49. The normalized spacial score (nSPS) is 26.2. The van der Waals surface area contributed by atoms with Crippen LogP contribution in [-0.2, 0) is 14.3 Å². The van der Waals surface area contributed by atoms with Crippen LogP contribution in [0.1, 0.15) is 66.9 Å². The molecular weight excluding hydrogens is 468 g/mol. The number of hydrogen-bond acceptors (Lipinski definition) is 5. The van der Waals surface area contributed by atoms with Gasteiger partial charge >= 0.3 is 12.1 Å². The Morgan fingerprint density at radius 3 is 2.16 bits per heavy atom. The van der Waals surface area contributed by atoms with Gasteiger partial charge in [-0.15, -0.1) is 0 Å². The third kappa shape index (κ3) is 6.21. The molecule has 1 N–H and O–H groups in total. The first-order chi connectivity index (χ1) is 18.0. The molecule has 1 amide bonds. The second-order valence-corrected chi connectivity index (χ2v) is 10.9. The molecule has 37 heavy (non-hydrogen) atoms. The van der Waals surface area contributed by atoms with E-state index >= 15 is 0 Å². The number of fused-ring (bicyclic) bond motifs is 3. The van der Waals surface area contributed by atoms with Crippen molar-refractivity contribution in [2.45, 2.75) is 63.2 Å². The van der Waals surface area contributed by atoms with Crippen molar-refractivity contribution < 1.29 is 28.3 Å². The molecule has 0 radical (unpaired) electrons. The van der Waals surface area contributed by atoms with Gasteiger partial charge < -0.3 is 19.3 Å². The second-order valence-electron chi connectivity index (χ2n) is 10.9. The average Bonchev–Trinajstić information content (AvgIpc) is 2.93. The van der Waals surface area contributed by atoms with Crippen LogP contribution in [0.2, 0.25) is 0 Å². The highest BCUT2D eigenvalue weighted by molar-refractivity contribution is 5.97. The van der Waals surface area contributed by atoms with Gasteiger partial charge in [0.05, 0.1) is 13.1 Å². The molecule has 196 valence electrons. The maximum Gasteiger partial charge on any atom is 0.408 e. The maximum absolute atomic E-state index is 13.5. The minimum atomic E-state index is -0.938. The van der Waals surface area contributed by atoms with Crippen LogP contribution in [0.4, 0.5) is 4.79 Å². The lowest BCUT2D eigenvalue weighted by molar-refractivity contribution is -0.938. The molecule has 3 aliphatic heterocycles. The van der Waals surface area contributed by atoms with Crippen molar-refractivity contribution in [1.82, 2.24) is 5.32 Å². The van der Waals surface area contributed by atoms with Gasteiger partial charge in [-0.05, 0) is 31.2 Å². The van der Waals surface area contributed by atoms with Gasteiger partial charge in [0, 0.05) is 24.3 Å². The molecule has 0 spiro atoms. The third-order valence-corrected chi connectivity index (χ3v) is 8.34. The summed E-state index contributed by atoms with van der Waals surface area (Å²) in [7, 11) is 0. The first kappa shape index (κ1) is 25.5. The fourth-order valence-electron chi connectivity index (χ4n) is 6.22. The van der Waals surface area contributed by atoms with Gasteiger partial charge in [0.2, 0.25) is 5.78 Å². The molecule has 0 aromatic heterocycles. The highest BCUT2D eigenvalue weighted by Crippen LogP contribution is 2.36. The lowest BCUT2D eigenvalue weighted by Crippen LogP contribution is -2.66. The molecule has 1 saturated carbocycles. The summed E-state index contributed by atoms with van der Waals surface area (Å²) in [5.41, 5.74) is 1.39. The Morgan fingerprint density at radius 1 is 0.838 bits per heavy atom. The topological polar surface area (TPSA) is 81.7 Å². The minimum absolute atomic E-state index is 0.102. The molecule has 2 aromatic carbocycles. The van der Waals surface area contributed by atoms with Crippen molar-refractivity contribution in [3.63, 3.8) is 0 Å². The predicted molar refractivity (Wildman–Crippen MR) is 139 cm³/mol. The van der Waals surface area contributed by atoms with E-state index in [2.05, 4.69) is 5.32 Å². The van der Waals surface area contributed by atoms with Crippen molar-refractivity contribution in [3.05, 3.63) is 71.8 Å². The Bertz CT molecular complexity index is 1080. The van der Waals surface area contributed by atoms with Crippen molar-refractivity contribution in [3.8, 4) is 0 Å². The number of hydrogen-bond donors (Lipinski definition) is 1. The van der Waals surface area contributed by atoms with E-state index in [1.165, 1.54) is 6.42 Å². The maximum atomic E-state index is 13.5. The number of carbonyl (C=O) groups is 3. The predicted octanol–water partition coefficient (Wildman–Crippen LogP) is 4.82. The number of esters is 1. The molecule has 1 unspecified atom stereocenters. The van der Waals surface area contributed by atoms with Gasteiger partial charge in [0.1, 0.15) is 19.2 Å². The number of alkyl carbamates (subject to hydrolysis) is 1. The number of rotatable bonds is 8. The summed E-state index contributed by atoms with van der Waals surface area (Å²) in [5.74, 6) is -0.0696. The van der Waals surface area contributed by atoms with E-state index in [0.717, 1.165) is 57.2 Å². The van der Waals surface area contributed by atoms with Gasteiger partial charge in [-0.3, -0.25) is 4.79 Å². The molecule has 1 aliphatic carbocycles. The largest absolute Gasteiger partial charge is 0.454 e. The average molecular weight is 506 g/mol. The first-order valence-electron chi connectivity index (χ1n) is 13.7. The number of quaternary nitrogens is 1.